The van der Waals surface area contributed by atoms with Crippen LogP contribution in [0.1, 0.15) is 34.6 Å². The van der Waals surface area contributed by atoms with Crippen molar-refractivity contribution in [3.63, 3.8) is 0 Å². The number of nitrogens with one attached hydrogen (secondary N) is 1. The molecule has 6 heteroatoms. The molecule has 0 rings (SSSR count). The monoisotopic (exact) mass is 248 g/mol. The fourth-order valence-corrected chi connectivity index (χ4v) is 1.59. The minimum atomic E-state index is -0.565. The largest absolute Gasteiger partial charge is 0.443 e. The van der Waals surface area contributed by atoms with Crippen LogP contribution in [0.4, 0.5) is 4.79 Å². The summed E-state index contributed by atoms with van der Waals surface area (Å²) in [5.74, 6) is -0.395. The zero-order valence-electron chi connectivity index (χ0n) is 10.4. The Hall–Kier alpha value is -0.910. The molecule has 0 spiro atoms. The zero-order chi connectivity index (χ0) is 12.9. The molecule has 0 aliphatic heterocycles. The number of ether oxygens (including phenoxy) is 1. The maximum Gasteiger partial charge on any atom is 0.417 e. The summed E-state index contributed by atoms with van der Waals surface area (Å²) in [4.78, 5) is 22.4. The molecule has 2 amide bonds. The topological polar surface area (TPSA) is 81.4 Å². The molecule has 0 radical (unpaired) electrons. The molecule has 0 aromatic carbocycles. The normalized spacial score (nSPS) is 13.4. The second kappa shape index (κ2) is 5.98. The third kappa shape index (κ3) is 6.55. The van der Waals surface area contributed by atoms with E-state index in [0.29, 0.717) is 0 Å². The Labute approximate surface area is 101 Å². The summed E-state index contributed by atoms with van der Waals surface area (Å²) in [7, 11) is 0. The SMILES string of the molecule is CC(C)C(SNC(=O)OC(C)(C)C)C(N)=O. The van der Waals surface area contributed by atoms with Crippen LogP contribution < -0.4 is 10.5 Å². The Kier molecular flexibility index (Phi) is 5.64. The molecular formula is C10H20N2O3S. The molecule has 3 N–H and O–H groups in total. The van der Waals surface area contributed by atoms with Crippen LogP contribution in [0.5, 0.6) is 0 Å². The lowest BCUT2D eigenvalue weighted by Crippen LogP contribution is -2.36. The van der Waals surface area contributed by atoms with E-state index in [2.05, 4.69) is 4.72 Å². The van der Waals surface area contributed by atoms with Gasteiger partial charge in [0.05, 0.1) is 0 Å². The molecule has 0 aromatic rings. The van der Waals surface area contributed by atoms with Gasteiger partial charge in [-0.25, -0.2) is 4.79 Å². The Morgan fingerprint density at radius 3 is 2.12 bits per heavy atom. The van der Waals surface area contributed by atoms with Crippen LogP contribution in [0.3, 0.4) is 0 Å². The van der Waals surface area contributed by atoms with Crippen molar-refractivity contribution in [3.8, 4) is 0 Å². The van der Waals surface area contributed by atoms with Crippen molar-refractivity contribution < 1.29 is 14.3 Å². The minimum Gasteiger partial charge on any atom is -0.443 e. The van der Waals surface area contributed by atoms with Crippen molar-refractivity contribution in [2.75, 3.05) is 0 Å². The summed E-state index contributed by atoms with van der Waals surface area (Å²) < 4.78 is 7.48. The van der Waals surface area contributed by atoms with Crippen LogP contribution in [0.25, 0.3) is 0 Å². The fourth-order valence-electron chi connectivity index (χ4n) is 0.933. The Morgan fingerprint density at radius 2 is 1.81 bits per heavy atom. The summed E-state index contributed by atoms with van der Waals surface area (Å²) >= 11 is 0.987. The lowest BCUT2D eigenvalue weighted by molar-refractivity contribution is -0.118. The minimum absolute atomic E-state index is 0.0532. The van der Waals surface area contributed by atoms with Gasteiger partial charge in [-0.15, -0.1) is 0 Å². The van der Waals surface area contributed by atoms with Crippen molar-refractivity contribution in [1.82, 2.24) is 4.72 Å². The highest BCUT2D eigenvalue weighted by molar-refractivity contribution is 7.99. The van der Waals surface area contributed by atoms with Crippen molar-refractivity contribution in [3.05, 3.63) is 0 Å². The molecule has 0 bridgehead atoms. The van der Waals surface area contributed by atoms with Crippen molar-refractivity contribution >= 4 is 23.9 Å². The van der Waals surface area contributed by atoms with E-state index in [1.807, 2.05) is 13.8 Å². The van der Waals surface area contributed by atoms with Gasteiger partial charge in [0.2, 0.25) is 5.91 Å². The van der Waals surface area contributed by atoms with Gasteiger partial charge < -0.3 is 10.5 Å². The van der Waals surface area contributed by atoms with Crippen molar-refractivity contribution in [2.24, 2.45) is 11.7 Å². The third-order valence-electron chi connectivity index (χ3n) is 1.55. The molecule has 1 unspecified atom stereocenters. The van der Waals surface area contributed by atoms with Gasteiger partial charge >= 0.3 is 6.09 Å². The predicted molar refractivity (Wildman–Crippen MR) is 64.8 cm³/mol. The maximum atomic E-state index is 11.3. The highest BCUT2D eigenvalue weighted by atomic mass is 32.2. The Bertz CT molecular complexity index is 261. The fraction of sp³-hybridized carbons (Fsp3) is 0.800. The predicted octanol–water partition coefficient (Wildman–Crippen LogP) is 1.67. The molecule has 0 saturated heterocycles. The molecule has 5 nitrogen and oxygen atoms in total. The van der Waals surface area contributed by atoms with E-state index in [4.69, 9.17) is 10.5 Å². The number of carbonyl (C=O) groups is 2. The first kappa shape index (κ1) is 15.1. The number of hydrogen-bond acceptors (Lipinski definition) is 4. The van der Waals surface area contributed by atoms with Crippen LogP contribution in [0.15, 0.2) is 0 Å². The van der Waals surface area contributed by atoms with Crippen LogP contribution in [-0.4, -0.2) is 22.9 Å². The molecule has 16 heavy (non-hydrogen) atoms. The summed E-state index contributed by atoms with van der Waals surface area (Å²) in [6, 6.07) is 0. The van der Waals surface area contributed by atoms with Gasteiger partial charge in [-0.3, -0.25) is 9.52 Å². The summed E-state index contributed by atoms with van der Waals surface area (Å²) in [6.45, 7) is 9.03. The standard InChI is InChI=1S/C10H20N2O3S/c1-6(2)7(8(11)13)16-12-9(14)15-10(3,4)5/h6-7H,1-5H3,(H2,11,13)(H,12,14). The Balaban J connectivity index is 4.12. The summed E-state index contributed by atoms with van der Waals surface area (Å²) in [6.07, 6.45) is -0.565. The summed E-state index contributed by atoms with van der Waals surface area (Å²) in [5.41, 5.74) is 4.65. The molecule has 0 aliphatic rings. The van der Waals surface area contributed by atoms with Crippen LogP contribution in [-0.2, 0) is 9.53 Å². The van der Waals surface area contributed by atoms with E-state index in [9.17, 15) is 9.59 Å². The van der Waals surface area contributed by atoms with Crippen LogP contribution in [0, 0.1) is 5.92 Å². The molecule has 0 aliphatic carbocycles. The highest BCUT2D eigenvalue weighted by Gasteiger charge is 2.23. The van der Waals surface area contributed by atoms with Gasteiger partial charge in [0.15, 0.2) is 0 Å². The van der Waals surface area contributed by atoms with Gasteiger partial charge in [-0.05, 0) is 38.6 Å². The zero-order valence-corrected chi connectivity index (χ0v) is 11.2. The second-order valence-electron chi connectivity index (χ2n) is 4.79. The second-order valence-corrected chi connectivity index (χ2v) is 5.74. The lowest BCUT2D eigenvalue weighted by Gasteiger charge is -2.21. The smallest absolute Gasteiger partial charge is 0.417 e. The van der Waals surface area contributed by atoms with E-state index in [1.54, 1.807) is 20.8 Å². The van der Waals surface area contributed by atoms with Gasteiger partial charge in [0.25, 0.3) is 0 Å². The van der Waals surface area contributed by atoms with E-state index in [-0.39, 0.29) is 5.92 Å². The highest BCUT2D eigenvalue weighted by Crippen LogP contribution is 2.17. The first-order valence-electron chi connectivity index (χ1n) is 5.07. The number of primary amides is 1. The Morgan fingerprint density at radius 1 is 1.31 bits per heavy atom. The lowest BCUT2D eigenvalue weighted by atomic mass is 10.1. The molecule has 0 fully saturated rings. The molecular weight excluding hydrogens is 228 g/mol. The van der Waals surface area contributed by atoms with Gasteiger partial charge in [-0.1, -0.05) is 13.8 Å². The van der Waals surface area contributed by atoms with E-state index < -0.39 is 22.9 Å². The number of hydrogen-bond donors (Lipinski definition) is 2. The molecule has 0 saturated carbocycles. The molecule has 94 valence electrons. The number of carbonyl (C=O) groups excluding carboxylic acids is 2. The quantitative estimate of drug-likeness (QED) is 0.741. The first-order valence-corrected chi connectivity index (χ1v) is 5.95. The number of rotatable bonds is 4. The number of nitrogens with two attached hydrogens (primary N) is 1. The van der Waals surface area contributed by atoms with Gasteiger partial charge in [-0.2, -0.15) is 0 Å². The number of amides is 2. The molecule has 1 atom stereocenters. The van der Waals surface area contributed by atoms with Crippen molar-refractivity contribution in [2.45, 2.75) is 45.5 Å². The average molecular weight is 248 g/mol. The van der Waals surface area contributed by atoms with Crippen LogP contribution in [0.2, 0.25) is 0 Å². The third-order valence-corrected chi connectivity index (χ3v) is 2.87. The van der Waals surface area contributed by atoms with Crippen molar-refractivity contribution in [1.29, 1.82) is 0 Å². The molecule has 0 heterocycles. The summed E-state index contributed by atoms with van der Waals surface area (Å²) in [5, 5.41) is -0.451. The van der Waals surface area contributed by atoms with E-state index >= 15 is 0 Å². The maximum absolute atomic E-state index is 11.3. The van der Waals surface area contributed by atoms with Gasteiger partial charge in [0.1, 0.15) is 10.9 Å². The van der Waals surface area contributed by atoms with Crippen LogP contribution >= 0.6 is 11.9 Å². The molecule has 0 aromatic heterocycles. The van der Waals surface area contributed by atoms with Gasteiger partial charge in [0, 0.05) is 0 Å². The van der Waals surface area contributed by atoms with E-state index in [1.165, 1.54) is 0 Å². The van der Waals surface area contributed by atoms with E-state index in [0.717, 1.165) is 11.9 Å². The first-order chi connectivity index (χ1) is 7.13. The average Bonchev–Trinajstić information content (AvgIpc) is 1.98.